The number of likely N-dealkylation sites (N-methyl/N-ethyl adjacent to an activating group) is 1. The molecule has 3 heteroatoms. The van der Waals surface area contributed by atoms with Crippen LogP contribution in [0.3, 0.4) is 0 Å². The van der Waals surface area contributed by atoms with Gasteiger partial charge in [0.1, 0.15) is 5.82 Å². The van der Waals surface area contributed by atoms with E-state index in [9.17, 15) is 0 Å². The second kappa shape index (κ2) is 5.40. The molecular weight excluding hydrogens is 174 g/mol. The largest absolute Gasteiger partial charge is 0.353 e. The minimum atomic E-state index is 0.525. The van der Waals surface area contributed by atoms with Crippen molar-refractivity contribution in [1.29, 1.82) is 0 Å². The number of pyridine rings is 1. The third-order valence-corrected chi connectivity index (χ3v) is 2.12. The molecule has 0 aromatic carbocycles. The Morgan fingerprint density at radius 2 is 2.43 bits per heavy atom. The highest BCUT2D eigenvalue weighted by Gasteiger charge is 2.07. The third-order valence-electron chi connectivity index (χ3n) is 2.12. The van der Waals surface area contributed by atoms with Crippen LogP contribution in [0.15, 0.2) is 31.0 Å². The van der Waals surface area contributed by atoms with Gasteiger partial charge in [0.2, 0.25) is 0 Å². The molecule has 76 valence electrons. The molecule has 1 heterocycles. The van der Waals surface area contributed by atoms with E-state index >= 15 is 0 Å². The van der Waals surface area contributed by atoms with E-state index in [1.807, 2.05) is 18.2 Å². The van der Waals surface area contributed by atoms with Gasteiger partial charge in [-0.15, -0.1) is 6.58 Å². The SMILES string of the molecule is C=CCN(CC)c1ncccc1CN. The Morgan fingerprint density at radius 1 is 1.64 bits per heavy atom. The van der Waals surface area contributed by atoms with E-state index in [0.717, 1.165) is 24.5 Å². The van der Waals surface area contributed by atoms with Crippen LogP contribution in [0, 0.1) is 0 Å². The molecule has 0 spiro atoms. The fourth-order valence-electron chi connectivity index (χ4n) is 1.40. The summed E-state index contributed by atoms with van der Waals surface area (Å²) in [6.07, 6.45) is 3.67. The predicted octanol–water partition coefficient (Wildman–Crippen LogP) is 1.55. The molecule has 1 rings (SSSR count). The molecule has 1 aromatic rings. The van der Waals surface area contributed by atoms with Crippen molar-refractivity contribution in [1.82, 2.24) is 4.98 Å². The van der Waals surface area contributed by atoms with E-state index in [4.69, 9.17) is 5.73 Å². The smallest absolute Gasteiger partial charge is 0.133 e. The van der Waals surface area contributed by atoms with E-state index < -0.39 is 0 Å². The first-order chi connectivity index (χ1) is 6.83. The van der Waals surface area contributed by atoms with Crippen LogP contribution in [0.1, 0.15) is 12.5 Å². The molecule has 0 saturated heterocycles. The molecule has 1 aromatic heterocycles. The molecule has 0 unspecified atom stereocenters. The average Bonchev–Trinajstić information content (AvgIpc) is 2.26. The number of nitrogens with two attached hydrogens (primary N) is 1. The Kier molecular flexibility index (Phi) is 4.13. The summed E-state index contributed by atoms with van der Waals surface area (Å²) in [5.74, 6) is 0.970. The summed E-state index contributed by atoms with van der Waals surface area (Å²) in [7, 11) is 0. The van der Waals surface area contributed by atoms with Crippen LogP contribution in [0.2, 0.25) is 0 Å². The molecule has 0 amide bonds. The number of hydrogen-bond donors (Lipinski definition) is 1. The Balaban J connectivity index is 2.95. The van der Waals surface area contributed by atoms with Crippen molar-refractivity contribution in [3.8, 4) is 0 Å². The van der Waals surface area contributed by atoms with Crippen LogP contribution < -0.4 is 10.6 Å². The quantitative estimate of drug-likeness (QED) is 0.718. The van der Waals surface area contributed by atoms with Gasteiger partial charge in [0, 0.05) is 31.4 Å². The van der Waals surface area contributed by atoms with Crippen molar-refractivity contribution >= 4 is 5.82 Å². The number of rotatable bonds is 5. The third kappa shape index (κ3) is 2.33. The first-order valence-corrected chi connectivity index (χ1v) is 4.83. The Hall–Kier alpha value is -1.35. The van der Waals surface area contributed by atoms with Crippen LogP contribution in [-0.4, -0.2) is 18.1 Å². The lowest BCUT2D eigenvalue weighted by molar-refractivity contribution is 0.863. The second-order valence-electron chi connectivity index (χ2n) is 3.02. The molecule has 3 nitrogen and oxygen atoms in total. The number of nitrogens with zero attached hydrogens (tertiary/aromatic N) is 2. The molecular formula is C11H17N3. The summed E-state index contributed by atoms with van der Waals surface area (Å²) >= 11 is 0. The molecule has 0 fully saturated rings. The van der Waals surface area contributed by atoms with E-state index in [2.05, 4.69) is 23.4 Å². The van der Waals surface area contributed by atoms with Gasteiger partial charge in [-0.2, -0.15) is 0 Å². The lowest BCUT2D eigenvalue weighted by atomic mass is 10.2. The Bertz CT molecular complexity index is 296. The van der Waals surface area contributed by atoms with Crippen LogP contribution >= 0.6 is 0 Å². The van der Waals surface area contributed by atoms with Gasteiger partial charge in [-0.05, 0) is 13.0 Å². The molecule has 0 bridgehead atoms. The Morgan fingerprint density at radius 3 is 3.00 bits per heavy atom. The summed E-state index contributed by atoms with van der Waals surface area (Å²) in [4.78, 5) is 6.49. The van der Waals surface area contributed by atoms with Crippen LogP contribution in [0.4, 0.5) is 5.82 Å². The van der Waals surface area contributed by atoms with Crippen molar-refractivity contribution in [2.24, 2.45) is 5.73 Å². The summed E-state index contributed by atoms with van der Waals surface area (Å²) in [5, 5.41) is 0. The van der Waals surface area contributed by atoms with Crippen LogP contribution in [0.5, 0.6) is 0 Å². The normalized spacial score (nSPS) is 9.86. The Labute approximate surface area is 85.3 Å². The average molecular weight is 191 g/mol. The number of aromatic nitrogens is 1. The highest BCUT2D eigenvalue weighted by molar-refractivity contribution is 5.46. The van der Waals surface area contributed by atoms with Crippen molar-refractivity contribution in [2.45, 2.75) is 13.5 Å². The maximum absolute atomic E-state index is 5.65. The highest BCUT2D eigenvalue weighted by Crippen LogP contribution is 2.15. The number of hydrogen-bond acceptors (Lipinski definition) is 3. The van der Waals surface area contributed by atoms with Gasteiger partial charge in [-0.1, -0.05) is 12.1 Å². The molecule has 2 N–H and O–H groups in total. The zero-order valence-electron chi connectivity index (χ0n) is 8.61. The molecule has 0 atom stereocenters. The fraction of sp³-hybridized carbons (Fsp3) is 0.364. The maximum Gasteiger partial charge on any atom is 0.133 e. The molecule has 0 radical (unpaired) electrons. The van der Waals surface area contributed by atoms with Crippen molar-refractivity contribution in [2.75, 3.05) is 18.0 Å². The zero-order chi connectivity index (χ0) is 10.4. The summed E-state index contributed by atoms with van der Waals surface area (Å²) < 4.78 is 0. The van der Waals surface area contributed by atoms with Crippen molar-refractivity contribution in [3.63, 3.8) is 0 Å². The zero-order valence-corrected chi connectivity index (χ0v) is 8.61. The summed E-state index contributed by atoms with van der Waals surface area (Å²) in [5.41, 5.74) is 6.73. The van der Waals surface area contributed by atoms with Gasteiger partial charge in [0.05, 0.1) is 0 Å². The predicted molar refractivity (Wildman–Crippen MR) is 60.2 cm³/mol. The van der Waals surface area contributed by atoms with E-state index in [1.165, 1.54) is 0 Å². The van der Waals surface area contributed by atoms with Gasteiger partial charge in [0.15, 0.2) is 0 Å². The van der Waals surface area contributed by atoms with Gasteiger partial charge in [-0.3, -0.25) is 0 Å². The van der Waals surface area contributed by atoms with Gasteiger partial charge < -0.3 is 10.6 Å². The number of anilines is 1. The molecule has 0 saturated carbocycles. The van der Waals surface area contributed by atoms with Gasteiger partial charge in [-0.25, -0.2) is 4.98 Å². The molecule has 14 heavy (non-hydrogen) atoms. The first kappa shape index (κ1) is 10.7. The summed E-state index contributed by atoms with van der Waals surface area (Å²) in [6.45, 7) is 8.07. The summed E-state index contributed by atoms with van der Waals surface area (Å²) in [6, 6.07) is 3.92. The van der Waals surface area contributed by atoms with E-state index in [-0.39, 0.29) is 0 Å². The standard InChI is InChI=1S/C11H17N3/c1-3-8-14(4-2)11-10(9-12)6-5-7-13-11/h3,5-7H,1,4,8-9,12H2,2H3. The van der Waals surface area contributed by atoms with Crippen molar-refractivity contribution in [3.05, 3.63) is 36.5 Å². The molecule has 0 aliphatic rings. The first-order valence-electron chi connectivity index (χ1n) is 4.83. The molecule has 0 aliphatic carbocycles. The van der Waals surface area contributed by atoms with Crippen LogP contribution in [0.25, 0.3) is 0 Å². The maximum atomic E-state index is 5.65. The van der Waals surface area contributed by atoms with Crippen LogP contribution in [-0.2, 0) is 6.54 Å². The second-order valence-corrected chi connectivity index (χ2v) is 3.02. The topological polar surface area (TPSA) is 42.2 Å². The monoisotopic (exact) mass is 191 g/mol. The van der Waals surface area contributed by atoms with Gasteiger partial charge in [0.25, 0.3) is 0 Å². The van der Waals surface area contributed by atoms with Gasteiger partial charge >= 0.3 is 0 Å². The fourth-order valence-corrected chi connectivity index (χ4v) is 1.40. The van der Waals surface area contributed by atoms with E-state index in [1.54, 1.807) is 6.20 Å². The lowest BCUT2D eigenvalue weighted by Gasteiger charge is -2.22. The van der Waals surface area contributed by atoms with Crippen molar-refractivity contribution < 1.29 is 0 Å². The lowest BCUT2D eigenvalue weighted by Crippen LogP contribution is -2.25. The molecule has 0 aliphatic heterocycles. The highest BCUT2D eigenvalue weighted by atomic mass is 15.2. The minimum absolute atomic E-state index is 0.525. The minimum Gasteiger partial charge on any atom is -0.353 e. The van der Waals surface area contributed by atoms with E-state index in [0.29, 0.717) is 6.54 Å².